The quantitative estimate of drug-likeness (QED) is 0.684. The molecule has 1 aromatic carbocycles. The number of nitrogens with zero attached hydrogens (tertiary/aromatic N) is 2. The average Bonchev–Trinajstić information content (AvgIpc) is 3.49. The number of hydrogen-bond donors (Lipinski definition) is 2. The van der Waals surface area contributed by atoms with E-state index in [0.29, 0.717) is 17.7 Å². The Hall–Kier alpha value is -2.71. The summed E-state index contributed by atoms with van der Waals surface area (Å²) < 4.78 is 0. The molecule has 7 nitrogen and oxygen atoms in total. The molecule has 2 aromatic rings. The summed E-state index contributed by atoms with van der Waals surface area (Å²) in [4.78, 5) is 41.5. The summed E-state index contributed by atoms with van der Waals surface area (Å²) in [5, 5.41) is 7.64. The Morgan fingerprint density at radius 3 is 2.62 bits per heavy atom. The first kappa shape index (κ1) is 19.6. The molecule has 4 rings (SSSR count). The summed E-state index contributed by atoms with van der Waals surface area (Å²) in [5.41, 5.74) is 1.15. The maximum atomic E-state index is 13.0. The normalized spacial score (nSPS) is 18.1. The maximum absolute atomic E-state index is 13.0. The van der Waals surface area contributed by atoms with Crippen LogP contribution in [0, 0.1) is 0 Å². The van der Waals surface area contributed by atoms with E-state index in [4.69, 9.17) is 0 Å². The molecule has 3 heterocycles. The minimum absolute atomic E-state index is 0.00548. The zero-order chi connectivity index (χ0) is 20.2. The average molecular weight is 413 g/mol. The highest BCUT2D eigenvalue weighted by atomic mass is 32.1. The molecule has 0 radical (unpaired) electrons. The minimum Gasteiger partial charge on any atom is -0.350 e. The summed E-state index contributed by atoms with van der Waals surface area (Å²) in [5.74, 6) is -0.467. The van der Waals surface area contributed by atoms with Crippen molar-refractivity contribution in [3.63, 3.8) is 0 Å². The van der Waals surface area contributed by atoms with Crippen molar-refractivity contribution in [2.45, 2.75) is 25.4 Å². The van der Waals surface area contributed by atoms with Crippen LogP contribution in [-0.4, -0.2) is 53.8 Å². The standard InChI is InChI=1S/C21H24N4O3S/c26-19-13-23-21(28)25(19)14-15-6-1-2-7-16(15)20(27)22-12-17(18-8-5-11-29-18)24-9-3-4-10-24/h1-2,5-8,11,17H,3-4,9-10,12-14H2,(H,22,27)(H,23,28)/t17-/m1/s1. The number of carbonyl (C=O) groups excluding carboxylic acids is 3. The molecule has 2 aliphatic heterocycles. The van der Waals surface area contributed by atoms with E-state index in [1.54, 1.807) is 29.5 Å². The summed E-state index contributed by atoms with van der Waals surface area (Å²) in [7, 11) is 0. The number of imide groups is 1. The molecule has 152 valence electrons. The third-order valence-corrected chi connectivity index (χ3v) is 6.41. The first-order valence-electron chi connectivity index (χ1n) is 9.85. The van der Waals surface area contributed by atoms with Gasteiger partial charge in [-0.25, -0.2) is 4.79 Å². The zero-order valence-electron chi connectivity index (χ0n) is 16.1. The Balaban J connectivity index is 1.47. The van der Waals surface area contributed by atoms with E-state index in [1.807, 2.05) is 12.1 Å². The molecule has 8 heteroatoms. The third kappa shape index (κ3) is 4.33. The Kier molecular flexibility index (Phi) is 5.92. The molecular formula is C21H24N4O3S. The van der Waals surface area contributed by atoms with E-state index in [-0.39, 0.29) is 30.9 Å². The fourth-order valence-corrected chi connectivity index (χ4v) is 4.75. The molecule has 0 saturated carbocycles. The van der Waals surface area contributed by atoms with E-state index in [9.17, 15) is 14.4 Å². The second-order valence-corrected chi connectivity index (χ2v) is 8.26. The van der Waals surface area contributed by atoms with Crippen LogP contribution in [0.1, 0.15) is 39.7 Å². The molecule has 2 saturated heterocycles. The fraction of sp³-hybridized carbons (Fsp3) is 0.381. The van der Waals surface area contributed by atoms with Crippen LogP contribution in [0.4, 0.5) is 4.79 Å². The molecule has 2 N–H and O–H groups in total. The Morgan fingerprint density at radius 2 is 1.93 bits per heavy atom. The predicted octanol–water partition coefficient (Wildman–Crippen LogP) is 2.37. The van der Waals surface area contributed by atoms with Crippen LogP contribution in [0.25, 0.3) is 0 Å². The van der Waals surface area contributed by atoms with E-state index >= 15 is 0 Å². The van der Waals surface area contributed by atoms with Gasteiger partial charge in [-0.3, -0.25) is 19.4 Å². The van der Waals surface area contributed by atoms with Gasteiger partial charge in [0.1, 0.15) is 0 Å². The van der Waals surface area contributed by atoms with Crippen LogP contribution in [0.2, 0.25) is 0 Å². The van der Waals surface area contributed by atoms with Crippen molar-refractivity contribution in [2.24, 2.45) is 0 Å². The molecule has 1 atom stereocenters. The lowest BCUT2D eigenvalue weighted by Gasteiger charge is -2.27. The van der Waals surface area contributed by atoms with Crippen molar-refractivity contribution >= 4 is 29.2 Å². The van der Waals surface area contributed by atoms with Crippen molar-refractivity contribution in [1.29, 1.82) is 0 Å². The van der Waals surface area contributed by atoms with Gasteiger partial charge in [0.25, 0.3) is 5.91 Å². The van der Waals surface area contributed by atoms with E-state index < -0.39 is 6.03 Å². The van der Waals surface area contributed by atoms with Crippen molar-refractivity contribution < 1.29 is 14.4 Å². The van der Waals surface area contributed by atoms with Gasteiger partial charge in [-0.1, -0.05) is 24.3 Å². The van der Waals surface area contributed by atoms with E-state index in [2.05, 4.69) is 27.0 Å². The van der Waals surface area contributed by atoms with Crippen LogP contribution in [-0.2, 0) is 11.3 Å². The summed E-state index contributed by atoms with van der Waals surface area (Å²) in [6.07, 6.45) is 2.37. The zero-order valence-corrected chi connectivity index (χ0v) is 16.9. The molecule has 29 heavy (non-hydrogen) atoms. The molecule has 1 aromatic heterocycles. The van der Waals surface area contributed by atoms with Crippen molar-refractivity contribution in [3.8, 4) is 0 Å². The van der Waals surface area contributed by atoms with Gasteiger partial charge in [-0.2, -0.15) is 0 Å². The summed E-state index contributed by atoms with van der Waals surface area (Å²) in [6, 6.07) is 11.0. The van der Waals surface area contributed by atoms with Gasteiger partial charge in [0.05, 0.1) is 19.1 Å². The highest BCUT2D eigenvalue weighted by molar-refractivity contribution is 7.10. The highest BCUT2D eigenvalue weighted by Crippen LogP contribution is 2.28. The second-order valence-electron chi connectivity index (χ2n) is 7.28. The van der Waals surface area contributed by atoms with Gasteiger partial charge in [-0.05, 0) is 49.0 Å². The molecule has 2 aliphatic rings. The van der Waals surface area contributed by atoms with Gasteiger partial charge >= 0.3 is 6.03 Å². The Labute approximate surface area is 173 Å². The number of urea groups is 1. The SMILES string of the molecule is O=C(NC[C@H](c1cccs1)N1CCCC1)c1ccccc1CN1C(=O)CNC1=O. The molecule has 2 fully saturated rings. The van der Waals surface area contributed by atoms with E-state index in [0.717, 1.165) is 18.0 Å². The number of hydrogen-bond acceptors (Lipinski definition) is 5. The number of rotatable bonds is 7. The third-order valence-electron chi connectivity index (χ3n) is 5.44. The number of carbonyl (C=O) groups is 3. The number of amides is 4. The summed E-state index contributed by atoms with van der Waals surface area (Å²) in [6.45, 7) is 2.71. The Bertz CT molecular complexity index is 877. The Morgan fingerprint density at radius 1 is 1.14 bits per heavy atom. The van der Waals surface area contributed by atoms with Gasteiger partial charge in [0.2, 0.25) is 5.91 Å². The van der Waals surface area contributed by atoms with Gasteiger partial charge in [-0.15, -0.1) is 11.3 Å². The van der Waals surface area contributed by atoms with Crippen molar-refractivity contribution in [1.82, 2.24) is 20.4 Å². The molecule has 0 spiro atoms. The lowest BCUT2D eigenvalue weighted by atomic mass is 10.1. The predicted molar refractivity (Wildman–Crippen MR) is 111 cm³/mol. The van der Waals surface area contributed by atoms with E-state index in [1.165, 1.54) is 17.7 Å². The van der Waals surface area contributed by atoms with Gasteiger partial charge in [0.15, 0.2) is 0 Å². The monoisotopic (exact) mass is 412 g/mol. The van der Waals surface area contributed by atoms with Crippen LogP contribution in [0.5, 0.6) is 0 Å². The number of thiophene rings is 1. The first-order valence-corrected chi connectivity index (χ1v) is 10.7. The first-order chi connectivity index (χ1) is 14.1. The lowest BCUT2D eigenvalue weighted by Crippen LogP contribution is -2.37. The van der Waals surface area contributed by atoms with Gasteiger partial charge in [0, 0.05) is 17.0 Å². The van der Waals surface area contributed by atoms with Crippen LogP contribution in [0.15, 0.2) is 41.8 Å². The smallest absolute Gasteiger partial charge is 0.324 e. The lowest BCUT2D eigenvalue weighted by molar-refractivity contribution is -0.125. The maximum Gasteiger partial charge on any atom is 0.324 e. The molecular weight excluding hydrogens is 388 g/mol. The molecule has 0 aliphatic carbocycles. The molecule has 0 bridgehead atoms. The van der Waals surface area contributed by atoms with Crippen LogP contribution < -0.4 is 10.6 Å². The number of nitrogens with one attached hydrogen (secondary N) is 2. The van der Waals surface area contributed by atoms with Crippen molar-refractivity contribution in [3.05, 3.63) is 57.8 Å². The van der Waals surface area contributed by atoms with Crippen molar-refractivity contribution in [2.75, 3.05) is 26.2 Å². The van der Waals surface area contributed by atoms with Crippen LogP contribution >= 0.6 is 11.3 Å². The van der Waals surface area contributed by atoms with Gasteiger partial charge < -0.3 is 10.6 Å². The highest BCUT2D eigenvalue weighted by Gasteiger charge is 2.30. The largest absolute Gasteiger partial charge is 0.350 e. The second kappa shape index (κ2) is 8.75. The fourth-order valence-electron chi connectivity index (χ4n) is 3.89. The number of benzene rings is 1. The topological polar surface area (TPSA) is 81.8 Å². The van der Waals surface area contributed by atoms with Crippen LogP contribution in [0.3, 0.4) is 0 Å². The number of likely N-dealkylation sites (tertiary alicyclic amines) is 1. The molecule has 4 amide bonds. The minimum atomic E-state index is -0.419. The molecule has 0 unspecified atom stereocenters. The summed E-state index contributed by atoms with van der Waals surface area (Å²) >= 11 is 1.71.